The van der Waals surface area contributed by atoms with Crippen molar-refractivity contribution in [2.45, 2.75) is 13.8 Å². The summed E-state index contributed by atoms with van der Waals surface area (Å²) in [5.74, 6) is -0.546. The third-order valence-electron chi connectivity index (χ3n) is 3.90. The first kappa shape index (κ1) is 18.3. The summed E-state index contributed by atoms with van der Waals surface area (Å²) in [6.07, 6.45) is 0. The molecule has 0 aliphatic heterocycles. The molecule has 0 aliphatic rings. The Morgan fingerprint density at radius 2 is 2.00 bits per heavy atom. The number of nitrogens with zero attached hydrogens (tertiary/aromatic N) is 1. The van der Waals surface area contributed by atoms with E-state index in [2.05, 4.69) is 10.5 Å². The molecule has 2 aromatic carbocycles. The van der Waals surface area contributed by atoms with E-state index in [1.807, 2.05) is 6.92 Å². The molecule has 0 radical (unpaired) electrons. The van der Waals surface area contributed by atoms with Gasteiger partial charge in [-0.2, -0.15) is 5.10 Å². The van der Waals surface area contributed by atoms with E-state index in [4.69, 9.17) is 9.15 Å². The van der Waals surface area contributed by atoms with E-state index in [1.54, 1.807) is 43.3 Å². The first-order valence-corrected chi connectivity index (χ1v) is 8.19. The normalized spacial score (nSPS) is 11.4. The van der Waals surface area contributed by atoms with E-state index in [9.17, 15) is 14.0 Å². The maximum Gasteiger partial charge on any atom is 0.336 e. The number of hydrogen-bond acceptors (Lipinski definition) is 5. The number of hydrazone groups is 1. The second kappa shape index (κ2) is 7.82. The van der Waals surface area contributed by atoms with Crippen LogP contribution in [0, 0.1) is 12.7 Å². The summed E-state index contributed by atoms with van der Waals surface area (Å²) in [5, 5.41) is 4.67. The summed E-state index contributed by atoms with van der Waals surface area (Å²) in [7, 11) is 0. The number of ether oxygens (including phenoxy) is 1. The topological polar surface area (TPSA) is 80.9 Å². The first-order valence-electron chi connectivity index (χ1n) is 8.19. The zero-order chi connectivity index (χ0) is 19.4. The predicted octanol–water partition coefficient (Wildman–Crippen LogP) is 3.16. The number of nitrogens with one attached hydrogen (secondary N) is 1. The maximum absolute atomic E-state index is 13.7. The molecule has 1 aromatic heterocycles. The molecule has 0 bridgehead atoms. The van der Waals surface area contributed by atoms with Gasteiger partial charge >= 0.3 is 5.63 Å². The highest BCUT2D eigenvalue weighted by molar-refractivity contribution is 5.99. The summed E-state index contributed by atoms with van der Waals surface area (Å²) in [6.45, 7) is 3.10. The molecule has 0 fully saturated rings. The zero-order valence-corrected chi connectivity index (χ0v) is 14.8. The van der Waals surface area contributed by atoms with Crippen LogP contribution in [0.5, 0.6) is 5.75 Å². The van der Waals surface area contributed by atoms with Crippen LogP contribution in [0.25, 0.3) is 11.0 Å². The molecule has 138 valence electrons. The molecule has 27 heavy (non-hydrogen) atoms. The second-order valence-corrected chi connectivity index (χ2v) is 5.91. The molecule has 0 spiro atoms. The third kappa shape index (κ3) is 4.38. The Bertz CT molecular complexity index is 1090. The average molecular weight is 368 g/mol. The fourth-order valence-corrected chi connectivity index (χ4v) is 2.54. The van der Waals surface area contributed by atoms with Crippen LogP contribution < -0.4 is 15.8 Å². The van der Waals surface area contributed by atoms with Gasteiger partial charge in [0.15, 0.2) is 6.61 Å². The summed E-state index contributed by atoms with van der Waals surface area (Å²) >= 11 is 0. The summed E-state index contributed by atoms with van der Waals surface area (Å²) in [5.41, 5.74) is 3.68. The number of hydrogen-bond donors (Lipinski definition) is 1. The van der Waals surface area contributed by atoms with Gasteiger partial charge in [-0.05, 0) is 37.6 Å². The molecular formula is C20H17FN2O4. The largest absolute Gasteiger partial charge is 0.484 e. The predicted molar refractivity (Wildman–Crippen MR) is 99.5 cm³/mol. The quantitative estimate of drug-likeness (QED) is 0.426. The van der Waals surface area contributed by atoms with Crippen LogP contribution in [-0.4, -0.2) is 18.2 Å². The van der Waals surface area contributed by atoms with Crippen LogP contribution >= 0.6 is 0 Å². The molecule has 3 rings (SSSR count). The lowest BCUT2D eigenvalue weighted by Gasteiger charge is -2.07. The van der Waals surface area contributed by atoms with Crippen molar-refractivity contribution in [1.82, 2.24) is 5.43 Å². The van der Waals surface area contributed by atoms with Crippen molar-refractivity contribution in [2.75, 3.05) is 6.61 Å². The van der Waals surface area contributed by atoms with E-state index in [0.29, 0.717) is 22.6 Å². The first-order chi connectivity index (χ1) is 12.9. The van der Waals surface area contributed by atoms with E-state index >= 15 is 0 Å². The second-order valence-electron chi connectivity index (χ2n) is 5.91. The zero-order valence-electron chi connectivity index (χ0n) is 14.8. The maximum atomic E-state index is 13.7. The van der Waals surface area contributed by atoms with Gasteiger partial charge < -0.3 is 9.15 Å². The highest BCUT2D eigenvalue weighted by Gasteiger charge is 2.08. The number of carbonyl (C=O) groups is 1. The Morgan fingerprint density at radius 3 is 2.78 bits per heavy atom. The van der Waals surface area contributed by atoms with Crippen molar-refractivity contribution in [3.63, 3.8) is 0 Å². The van der Waals surface area contributed by atoms with Gasteiger partial charge in [-0.1, -0.05) is 18.2 Å². The van der Waals surface area contributed by atoms with Crippen LogP contribution in [0.3, 0.4) is 0 Å². The molecule has 7 heteroatoms. The lowest BCUT2D eigenvalue weighted by molar-refractivity contribution is -0.123. The minimum absolute atomic E-state index is 0.296. The highest BCUT2D eigenvalue weighted by Crippen LogP contribution is 2.22. The van der Waals surface area contributed by atoms with Gasteiger partial charge in [-0.3, -0.25) is 4.79 Å². The van der Waals surface area contributed by atoms with Crippen molar-refractivity contribution >= 4 is 22.6 Å². The molecule has 6 nitrogen and oxygen atoms in total. The number of benzene rings is 2. The van der Waals surface area contributed by atoms with Gasteiger partial charge in [0.05, 0.1) is 5.71 Å². The monoisotopic (exact) mass is 368 g/mol. The molecule has 0 saturated heterocycles. The smallest absolute Gasteiger partial charge is 0.336 e. The SMILES string of the molecule is C/C(=N/NC(=O)COc1ccc2c(C)cc(=O)oc2c1)c1ccccc1F. The lowest BCUT2D eigenvalue weighted by atomic mass is 10.1. The van der Waals surface area contributed by atoms with Gasteiger partial charge in [0, 0.05) is 23.1 Å². The van der Waals surface area contributed by atoms with Crippen LogP contribution in [0.15, 0.2) is 62.8 Å². The summed E-state index contributed by atoms with van der Waals surface area (Å²) < 4.78 is 24.2. The van der Waals surface area contributed by atoms with Crippen molar-refractivity contribution in [3.05, 3.63) is 75.9 Å². The van der Waals surface area contributed by atoms with Gasteiger partial charge in [-0.15, -0.1) is 0 Å². The Labute approximate surface area is 154 Å². The van der Waals surface area contributed by atoms with Crippen LogP contribution in [0.1, 0.15) is 18.1 Å². The van der Waals surface area contributed by atoms with Crippen molar-refractivity contribution in [3.8, 4) is 5.75 Å². The van der Waals surface area contributed by atoms with E-state index in [0.717, 1.165) is 10.9 Å². The lowest BCUT2D eigenvalue weighted by Crippen LogP contribution is -2.25. The molecule has 1 amide bonds. The fourth-order valence-electron chi connectivity index (χ4n) is 2.54. The molecule has 3 aromatic rings. The van der Waals surface area contributed by atoms with Gasteiger partial charge in [0.1, 0.15) is 17.1 Å². The van der Waals surface area contributed by atoms with E-state index < -0.39 is 17.3 Å². The van der Waals surface area contributed by atoms with Gasteiger partial charge in [-0.25, -0.2) is 14.6 Å². The van der Waals surface area contributed by atoms with Crippen LogP contribution in [0.2, 0.25) is 0 Å². The minimum Gasteiger partial charge on any atom is -0.484 e. The highest BCUT2D eigenvalue weighted by atomic mass is 19.1. The van der Waals surface area contributed by atoms with E-state index in [1.165, 1.54) is 12.1 Å². The summed E-state index contributed by atoms with van der Waals surface area (Å²) in [4.78, 5) is 23.4. The van der Waals surface area contributed by atoms with Crippen molar-refractivity contribution in [2.24, 2.45) is 5.10 Å². The number of halogens is 1. The van der Waals surface area contributed by atoms with Crippen molar-refractivity contribution < 1.29 is 18.3 Å². The molecule has 1 N–H and O–H groups in total. The van der Waals surface area contributed by atoms with Gasteiger partial charge in [0.2, 0.25) is 0 Å². The number of rotatable bonds is 5. The Balaban J connectivity index is 1.64. The Kier molecular flexibility index (Phi) is 5.30. The molecule has 1 heterocycles. The fraction of sp³-hybridized carbons (Fsp3) is 0.150. The standard InChI is InChI=1S/C20H17FN2O4/c1-12-9-20(25)27-18-10-14(7-8-15(12)18)26-11-19(24)23-22-13(2)16-5-3-4-6-17(16)21/h3-10H,11H2,1-2H3,(H,23,24)/b22-13-. The number of carbonyl (C=O) groups excluding carboxylic acids is 1. The summed E-state index contributed by atoms with van der Waals surface area (Å²) in [6, 6.07) is 12.5. The molecular weight excluding hydrogens is 351 g/mol. The van der Waals surface area contributed by atoms with Crippen molar-refractivity contribution in [1.29, 1.82) is 0 Å². The van der Waals surface area contributed by atoms with Crippen LogP contribution in [0.4, 0.5) is 4.39 Å². The number of amides is 1. The molecule has 0 atom stereocenters. The Morgan fingerprint density at radius 1 is 1.22 bits per heavy atom. The third-order valence-corrected chi connectivity index (χ3v) is 3.90. The van der Waals surface area contributed by atoms with E-state index in [-0.39, 0.29) is 6.61 Å². The Hall–Kier alpha value is -3.48. The number of fused-ring (bicyclic) bond motifs is 1. The van der Waals surface area contributed by atoms with Crippen LogP contribution in [-0.2, 0) is 4.79 Å². The molecule has 0 saturated carbocycles. The molecule has 0 aliphatic carbocycles. The molecule has 0 unspecified atom stereocenters. The number of aryl methyl sites for hydroxylation is 1. The van der Waals surface area contributed by atoms with Gasteiger partial charge in [0.25, 0.3) is 5.91 Å². The minimum atomic E-state index is -0.503. The average Bonchev–Trinajstić information content (AvgIpc) is 2.64.